The molecule has 0 aliphatic heterocycles. The fraction of sp³-hybridized carbons (Fsp3) is 0.400. The molecule has 0 aliphatic rings. The normalized spacial score (nSPS) is 9.88. The van der Waals surface area contributed by atoms with E-state index < -0.39 is 0 Å². The second kappa shape index (κ2) is 6.32. The van der Waals surface area contributed by atoms with Crippen molar-refractivity contribution >= 4 is 27.7 Å². The van der Waals surface area contributed by atoms with Crippen LogP contribution in [0.25, 0.3) is 0 Å². The molecule has 1 rings (SSSR count). The number of aromatic amines is 1. The van der Waals surface area contributed by atoms with Gasteiger partial charge in [-0.2, -0.15) is 0 Å². The van der Waals surface area contributed by atoms with E-state index in [1.54, 1.807) is 12.3 Å². The molecule has 2 amide bonds. The number of H-pyrrole nitrogens is 1. The van der Waals surface area contributed by atoms with Gasteiger partial charge in [-0.1, -0.05) is 6.92 Å². The number of hydrogen-bond donors (Lipinski definition) is 3. The van der Waals surface area contributed by atoms with Crippen molar-refractivity contribution in [3.8, 4) is 0 Å². The highest BCUT2D eigenvalue weighted by Gasteiger charge is 2.08. The third-order valence-electron chi connectivity index (χ3n) is 1.87. The fourth-order valence-corrected chi connectivity index (χ4v) is 1.43. The number of carbonyl (C=O) groups is 2. The summed E-state index contributed by atoms with van der Waals surface area (Å²) in [6.45, 7) is 2.59. The molecule has 0 saturated heterocycles. The van der Waals surface area contributed by atoms with Gasteiger partial charge in [0.05, 0.1) is 6.54 Å². The molecular weight excluding hydrogens is 274 g/mol. The second-order valence-electron chi connectivity index (χ2n) is 3.26. The van der Waals surface area contributed by atoms with Gasteiger partial charge in [0.2, 0.25) is 5.91 Å². The number of carbonyl (C=O) groups excluding carboxylic acids is 2. The summed E-state index contributed by atoms with van der Waals surface area (Å²) in [4.78, 5) is 25.5. The predicted molar refractivity (Wildman–Crippen MR) is 64.1 cm³/mol. The average Bonchev–Trinajstić information content (AvgIpc) is 2.69. The number of aromatic nitrogens is 1. The zero-order chi connectivity index (χ0) is 12.0. The van der Waals surface area contributed by atoms with Gasteiger partial charge < -0.3 is 15.6 Å². The first-order valence-corrected chi connectivity index (χ1v) is 5.81. The van der Waals surface area contributed by atoms with Crippen molar-refractivity contribution in [2.24, 2.45) is 0 Å². The molecule has 0 fully saturated rings. The number of hydrogen-bond acceptors (Lipinski definition) is 2. The lowest BCUT2D eigenvalue weighted by Crippen LogP contribution is -2.37. The zero-order valence-electron chi connectivity index (χ0n) is 8.97. The van der Waals surface area contributed by atoms with Crippen molar-refractivity contribution in [2.45, 2.75) is 13.3 Å². The third kappa shape index (κ3) is 4.06. The summed E-state index contributed by atoms with van der Waals surface area (Å²) in [7, 11) is 0. The predicted octanol–water partition coefficient (Wildman–Crippen LogP) is 1.03. The topological polar surface area (TPSA) is 74.0 Å². The summed E-state index contributed by atoms with van der Waals surface area (Å²) < 4.78 is 0.799. The van der Waals surface area contributed by atoms with Crippen LogP contribution >= 0.6 is 15.9 Å². The molecule has 0 spiro atoms. The van der Waals surface area contributed by atoms with Gasteiger partial charge in [-0.25, -0.2) is 0 Å². The van der Waals surface area contributed by atoms with Gasteiger partial charge in [0.1, 0.15) is 5.69 Å². The van der Waals surface area contributed by atoms with Crippen molar-refractivity contribution in [1.82, 2.24) is 15.6 Å². The highest BCUT2D eigenvalue weighted by Crippen LogP contribution is 2.09. The summed E-state index contributed by atoms with van der Waals surface area (Å²) in [6, 6.07) is 1.65. The SMILES string of the molecule is CCCNC(=O)CNC(=O)c1cc(Br)c[nH]1. The largest absolute Gasteiger partial charge is 0.356 e. The van der Waals surface area contributed by atoms with Crippen molar-refractivity contribution in [2.75, 3.05) is 13.1 Å². The van der Waals surface area contributed by atoms with Crippen molar-refractivity contribution in [3.63, 3.8) is 0 Å². The van der Waals surface area contributed by atoms with Gasteiger partial charge in [0, 0.05) is 17.2 Å². The van der Waals surface area contributed by atoms with Crippen LogP contribution in [0, 0.1) is 0 Å². The minimum Gasteiger partial charge on any atom is -0.356 e. The fourth-order valence-electron chi connectivity index (χ4n) is 1.08. The number of nitrogens with one attached hydrogen (secondary N) is 3. The average molecular weight is 288 g/mol. The minimum atomic E-state index is -0.294. The Morgan fingerprint density at radius 3 is 2.75 bits per heavy atom. The summed E-state index contributed by atoms with van der Waals surface area (Å²) in [6.07, 6.45) is 2.54. The number of rotatable bonds is 5. The molecule has 0 aliphatic carbocycles. The first-order chi connectivity index (χ1) is 7.63. The van der Waals surface area contributed by atoms with Crippen LogP contribution in [0.1, 0.15) is 23.8 Å². The molecule has 0 unspecified atom stereocenters. The lowest BCUT2D eigenvalue weighted by Gasteiger charge is -2.04. The Morgan fingerprint density at radius 1 is 1.44 bits per heavy atom. The molecule has 0 radical (unpaired) electrons. The van der Waals surface area contributed by atoms with Crippen LogP contribution in [0.5, 0.6) is 0 Å². The molecule has 1 aromatic heterocycles. The Hall–Kier alpha value is -1.30. The standard InChI is InChI=1S/C10H14BrN3O2/c1-2-3-12-9(15)6-14-10(16)8-4-7(11)5-13-8/h4-5,13H,2-3,6H2,1H3,(H,12,15)(H,14,16). The van der Waals surface area contributed by atoms with E-state index in [1.807, 2.05) is 6.92 Å². The monoisotopic (exact) mass is 287 g/mol. The first kappa shape index (κ1) is 12.8. The molecule has 3 N–H and O–H groups in total. The van der Waals surface area contributed by atoms with E-state index in [0.29, 0.717) is 12.2 Å². The summed E-state index contributed by atoms with van der Waals surface area (Å²) in [5.41, 5.74) is 0.426. The summed E-state index contributed by atoms with van der Waals surface area (Å²) >= 11 is 3.22. The van der Waals surface area contributed by atoms with Gasteiger partial charge in [-0.05, 0) is 28.4 Å². The number of amides is 2. The smallest absolute Gasteiger partial charge is 0.268 e. The highest BCUT2D eigenvalue weighted by molar-refractivity contribution is 9.10. The van der Waals surface area contributed by atoms with Crippen LogP contribution in [-0.4, -0.2) is 29.9 Å². The van der Waals surface area contributed by atoms with E-state index in [2.05, 4.69) is 31.5 Å². The third-order valence-corrected chi connectivity index (χ3v) is 2.33. The number of halogens is 1. The van der Waals surface area contributed by atoms with Crippen LogP contribution in [0.3, 0.4) is 0 Å². The Morgan fingerprint density at radius 2 is 2.19 bits per heavy atom. The molecule has 0 atom stereocenters. The molecule has 0 aromatic carbocycles. The van der Waals surface area contributed by atoms with Crippen molar-refractivity contribution in [1.29, 1.82) is 0 Å². The quantitative estimate of drug-likeness (QED) is 0.757. The molecule has 16 heavy (non-hydrogen) atoms. The molecule has 6 heteroatoms. The van der Waals surface area contributed by atoms with Gasteiger partial charge in [-0.15, -0.1) is 0 Å². The maximum atomic E-state index is 11.5. The highest BCUT2D eigenvalue weighted by atomic mass is 79.9. The van der Waals surface area contributed by atoms with Crippen LogP contribution in [0.2, 0.25) is 0 Å². The van der Waals surface area contributed by atoms with E-state index >= 15 is 0 Å². The Kier molecular flexibility index (Phi) is 5.04. The van der Waals surface area contributed by atoms with E-state index in [4.69, 9.17) is 0 Å². The Bertz CT molecular complexity index is 376. The van der Waals surface area contributed by atoms with E-state index in [0.717, 1.165) is 10.9 Å². The van der Waals surface area contributed by atoms with Crippen LogP contribution in [0.15, 0.2) is 16.7 Å². The lowest BCUT2D eigenvalue weighted by atomic mass is 10.4. The van der Waals surface area contributed by atoms with Crippen molar-refractivity contribution in [3.05, 3.63) is 22.4 Å². The first-order valence-electron chi connectivity index (χ1n) is 5.02. The van der Waals surface area contributed by atoms with Crippen LogP contribution in [-0.2, 0) is 4.79 Å². The summed E-state index contributed by atoms with van der Waals surface area (Å²) in [5, 5.41) is 5.19. The molecule has 0 bridgehead atoms. The Labute approximate surface area is 102 Å². The van der Waals surface area contributed by atoms with E-state index in [1.165, 1.54) is 0 Å². The molecule has 5 nitrogen and oxygen atoms in total. The van der Waals surface area contributed by atoms with Gasteiger partial charge in [0.25, 0.3) is 5.91 Å². The molecular formula is C10H14BrN3O2. The van der Waals surface area contributed by atoms with Gasteiger partial charge in [-0.3, -0.25) is 9.59 Å². The molecule has 1 aromatic rings. The van der Waals surface area contributed by atoms with E-state index in [9.17, 15) is 9.59 Å². The maximum Gasteiger partial charge on any atom is 0.268 e. The zero-order valence-corrected chi connectivity index (χ0v) is 10.6. The Balaban J connectivity index is 2.33. The van der Waals surface area contributed by atoms with Crippen LogP contribution < -0.4 is 10.6 Å². The van der Waals surface area contributed by atoms with Gasteiger partial charge in [0.15, 0.2) is 0 Å². The minimum absolute atomic E-state index is 0.00449. The van der Waals surface area contributed by atoms with Crippen molar-refractivity contribution < 1.29 is 9.59 Å². The molecule has 88 valence electrons. The summed E-state index contributed by atoms with van der Waals surface area (Å²) in [5.74, 6) is -0.474. The van der Waals surface area contributed by atoms with Crippen LogP contribution in [0.4, 0.5) is 0 Å². The van der Waals surface area contributed by atoms with Gasteiger partial charge >= 0.3 is 0 Å². The maximum absolute atomic E-state index is 11.5. The second-order valence-corrected chi connectivity index (χ2v) is 4.18. The molecule has 0 saturated carbocycles. The molecule has 1 heterocycles. The lowest BCUT2D eigenvalue weighted by molar-refractivity contribution is -0.120. The van der Waals surface area contributed by atoms with E-state index in [-0.39, 0.29) is 18.4 Å².